The molecule has 24 heavy (non-hydrogen) atoms. The fraction of sp³-hybridized carbons (Fsp3) is 0.571. The molecular formula is C21H30N2O. The quantitative estimate of drug-likeness (QED) is 0.739. The van der Waals surface area contributed by atoms with Crippen molar-refractivity contribution < 1.29 is 4.79 Å². The molecule has 0 N–H and O–H groups in total. The van der Waals surface area contributed by atoms with Crippen molar-refractivity contribution in [3.63, 3.8) is 0 Å². The van der Waals surface area contributed by atoms with Crippen molar-refractivity contribution in [2.75, 3.05) is 13.6 Å². The van der Waals surface area contributed by atoms with Gasteiger partial charge in [-0.15, -0.1) is 0 Å². The average molecular weight is 326 g/mol. The number of hydrogen-bond donors (Lipinski definition) is 0. The first-order chi connectivity index (χ1) is 11.7. The molecular weight excluding hydrogens is 296 g/mol. The maximum atomic E-state index is 12.9. The average Bonchev–Trinajstić information content (AvgIpc) is 2.82. The number of fused-ring (bicyclic) bond motifs is 2. The summed E-state index contributed by atoms with van der Waals surface area (Å²) in [6, 6.07) is 11.8. The van der Waals surface area contributed by atoms with Crippen LogP contribution in [0.2, 0.25) is 0 Å². The molecule has 0 radical (unpaired) electrons. The van der Waals surface area contributed by atoms with E-state index in [9.17, 15) is 4.79 Å². The minimum atomic E-state index is 0.182. The van der Waals surface area contributed by atoms with E-state index in [0.29, 0.717) is 18.1 Å². The second kappa shape index (κ2) is 7.98. The minimum Gasteiger partial charge on any atom is -0.336 e. The van der Waals surface area contributed by atoms with E-state index in [1.807, 2.05) is 36.4 Å². The Balaban J connectivity index is 1.69. The van der Waals surface area contributed by atoms with Gasteiger partial charge in [0, 0.05) is 30.7 Å². The third kappa shape index (κ3) is 3.89. The molecule has 2 bridgehead atoms. The molecule has 2 saturated heterocycles. The molecule has 0 saturated carbocycles. The lowest BCUT2D eigenvalue weighted by Gasteiger charge is -2.41. The highest BCUT2D eigenvalue weighted by molar-refractivity contribution is 5.92. The lowest BCUT2D eigenvalue weighted by molar-refractivity contribution is -0.129. The molecule has 1 amide bonds. The number of rotatable bonds is 6. The molecule has 0 aromatic heterocycles. The van der Waals surface area contributed by atoms with Gasteiger partial charge in [0.15, 0.2) is 0 Å². The van der Waals surface area contributed by atoms with E-state index in [4.69, 9.17) is 0 Å². The monoisotopic (exact) mass is 326 g/mol. The second-order valence-electron chi connectivity index (χ2n) is 7.30. The molecule has 0 unspecified atom stereocenters. The molecule has 3 heteroatoms. The molecule has 3 rings (SSSR count). The van der Waals surface area contributed by atoms with Gasteiger partial charge in [-0.1, -0.05) is 43.7 Å². The van der Waals surface area contributed by atoms with E-state index >= 15 is 0 Å². The highest BCUT2D eigenvalue weighted by Crippen LogP contribution is 2.36. The molecule has 130 valence electrons. The van der Waals surface area contributed by atoms with Gasteiger partial charge < -0.3 is 9.80 Å². The van der Waals surface area contributed by atoms with E-state index in [-0.39, 0.29) is 5.91 Å². The largest absolute Gasteiger partial charge is 0.336 e. The van der Waals surface area contributed by atoms with Gasteiger partial charge in [0.05, 0.1) is 0 Å². The van der Waals surface area contributed by atoms with Crippen LogP contribution in [0.4, 0.5) is 0 Å². The fourth-order valence-corrected chi connectivity index (χ4v) is 4.27. The summed E-state index contributed by atoms with van der Waals surface area (Å²) in [7, 11) is 2.26. The highest BCUT2D eigenvalue weighted by atomic mass is 16.2. The van der Waals surface area contributed by atoms with Crippen molar-refractivity contribution in [3.8, 4) is 0 Å². The van der Waals surface area contributed by atoms with Gasteiger partial charge in [-0.2, -0.15) is 0 Å². The van der Waals surface area contributed by atoms with Gasteiger partial charge >= 0.3 is 0 Å². The van der Waals surface area contributed by atoms with Gasteiger partial charge in [0.25, 0.3) is 0 Å². The van der Waals surface area contributed by atoms with Gasteiger partial charge in [-0.05, 0) is 50.8 Å². The molecule has 2 fully saturated rings. The zero-order valence-electron chi connectivity index (χ0n) is 15.0. The van der Waals surface area contributed by atoms with Gasteiger partial charge in [0.2, 0.25) is 5.91 Å². The summed E-state index contributed by atoms with van der Waals surface area (Å²) in [4.78, 5) is 17.6. The van der Waals surface area contributed by atoms with E-state index < -0.39 is 0 Å². The summed E-state index contributed by atoms with van der Waals surface area (Å²) in [5.41, 5.74) is 1.09. The SMILES string of the molecule is CCCCN(C(=O)/C=C/c1ccccc1)C1C[C@H]2CC[C@H](C1)N2C. The van der Waals surface area contributed by atoms with E-state index in [1.54, 1.807) is 6.08 Å². The maximum Gasteiger partial charge on any atom is 0.246 e. The Labute approximate surface area is 146 Å². The Morgan fingerprint density at radius 2 is 1.88 bits per heavy atom. The van der Waals surface area contributed by atoms with Crippen molar-refractivity contribution in [1.82, 2.24) is 9.80 Å². The van der Waals surface area contributed by atoms with Crippen LogP contribution < -0.4 is 0 Å². The molecule has 2 atom stereocenters. The van der Waals surface area contributed by atoms with Crippen LogP contribution in [0.1, 0.15) is 51.0 Å². The van der Waals surface area contributed by atoms with Gasteiger partial charge in [0.1, 0.15) is 0 Å². The van der Waals surface area contributed by atoms with Crippen molar-refractivity contribution in [2.45, 2.75) is 63.6 Å². The Bertz CT molecular complexity index is 554. The summed E-state index contributed by atoms with van der Waals surface area (Å²) in [6.07, 6.45) is 10.8. The van der Waals surface area contributed by atoms with E-state index in [2.05, 4.69) is 23.8 Å². The fourth-order valence-electron chi connectivity index (χ4n) is 4.27. The van der Waals surface area contributed by atoms with E-state index in [1.165, 1.54) is 12.8 Å². The topological polar surface area (TPSA) is 23.6 Å². The predicted octanol–water partition coefficient (Wildman–Crippen LogP) is 3.95. The Hall–Kier alpha value is -1.61. The smallest absolute Gasteiger partial charge is 0.246 e. The first-order valence-electron chi connectivity index (χ1n) is 9.44. The predicted molar refractivity (Wildman–Crippen MR) is 99.7 cm³/mol. The van der Waals surface area contributed by atoms with Crippen LogP contribution in [0.25, 0.3) is 6.08 Å². The van der Waals surface area contributed by atoms with Crippen LogP contribution >= 0.6 is 0 Å². The number of hydrogen-bond acceptors (Lipinski definition) is 2. The summed E-state index contributed by atoms with van der Waals surface area (Å²) >= 11 is 0. The van der Waals surface area contributed by atoms with Crippen LogP contribution in [-0.4, -0.2) is 47.4 Å². The third-order valence-electron chi connectivity index (χ3n) is 5.77. The second-order valence-corrected chi connectivity index (χ2v) is 7.30. The molecule has 2 aliphatic rings. The zero-order valence-corrected chi connectivity index (χ0v) is 15.0. The molecule has 1 aromatic rings. The number of carbonyl (C=O) groups is 1. The summed E-state index contributed by atoms with van der Waals surface area (Å²) < 4.78 is 0. The van der Waals surface area contributed by atoms with Crippen LogP contribution in [0, 0.1) is 0 Å². The van der Waals surface area contributed by atoms with Crippen molar-refractivity contribution in [3.05, 3.63) is 42.0 Å². The molecule has 2 aliphatic heterocycles. The van der Waals surface area contributed by atoms with E-state index in [0.717, 1.165) is 37.8 Å². The van der Waals surface area contributed by atoms with Crippen molar-refractivity contribution in [2.24, 2.45) is 0 Å². The number of nitrogens with zero attached hydrogens (tertiary/aromatic N) is 2. The number of carbonyl (C=O) groups excluding carboxylic acids is 1. The number of amides is 1. The maximum absolute atomic E-state index is 12.9. The van der Waals surface area contributed by atoms with Crippen LogP contribution in [0.3, 0.4) is 0 Å². The summed E-state index contributed by atoms with van der Waals surface area (Å²) in [5, 5.41) is 0. The zero-order chi connectivity index (χ0) is 16.9. The first-order valence-corrected chi connectivity index (χ1v) is 9.44. The Kier molecular flexibility index (Phi) is 5.72. The highest BCUT2D eigenvalue weighted by Gasteiger charge is 2.40. The molecule has 2 heterocycles. The lowest BCUT2D eigenvalue weighted by Crippen LogP contribution is -2.50. The number of benzene rings is 1. The van der Waals surface area contributed by atoms with Gasteiger partial charge in [-0.25, -0.2) is 0 Å². The molecule has 0 spiro atoms. The summed E-state index contributed by atoms with van der Waals surface area (Å²) in [6.45, 7) is 3.09. The minimum absolute atomic E-state index is 0.182. The first kappa shape index (κ1) is 17.2. The number of unbranched alkanes of at least 4 members (excludes halogenated alkanes) is 1. The standard InChI is InChI=1S/C21H30N2O/c1-3-4-14-23(20-15-18-11-12-19(16-20)22(18)2)21(24)13-10-17-8-6-5-7-9-17/h5-10,13,18-20H,3-4,11-12,14-16H2,1-2H3/b13-10+/t18-,19-/m1/s1. The third-order valence-corrected chi connectivity index (χ3v) is 5.77. The number of piperidine rings is 1. The Morgan fingerprint density at radius 1 is 1.21 bits per heavy atom. The summed E-state index contributed by atoms with van der Waals surface area (Å²) in [5.74, 6) is 0.182. The van der Waals surface area contributed by atoms with Crippen LogP contribution in [-0.2, 0) is 4.79 Å². The molecule has 1 aromatic carbocycles. The molecule has 3 nitrogen and oxygen atoms in total. The van der Waals surface area contributed by atoms with Gasteiger partial charge in [-0.3, -0.25) is 4.79 Å². The molecule has 0 aliphatic carbocycles. The normalized spacial score (nSPS) is 26.8. The van der Waals surface area contributed by atoms with Crippen molar-refractivity contribution >= 4 is 12.0 Å². The lowest BCUT2D eigenvalue weighted by atomic mass is 9.96. The van der Waals surface area contributed by atoms with Crippen LogP contribution in [0.15, 0.2) is 36.4 Å². The van der Waals surface area contributed by atoms with Crippen molar-refractivity contribution in [1.29, 1.82) is 0 Å². The Morgan fingerprint density at radius 3 is 2.50 bits per heavy atom. The van der Waals surface area contributed by atoms with Crippen LogP contribution in [0.5, 0.6) is 0 Å².